The van der Waals surface area contributed by atoms with Crippen LogP contribution >= 0.6 is 11.3 Å². The Bertz CT molecular complexity index is 627. The van der Waals surface area contributed by atoms with E-state index in [1.165, 1.54) is 37.0 Å². The molecule has 0 radical (unpaired) electrons. The lowest BCUT2D eigenvalue weighted by Crippen LogP contribution is -2.48. The van der Waals surface area contributed by atoms with Gasteiger partial charge in [0.1, 0.15) is 0 Å². The Kier molecular flexibility index (Phi) is 8.15. The van der Waals surface area contributed by atoms with E-state index in [4.69, 9.17) is 0 Å². The van der Waals surface area contributed by atoms with Crippen LogP contribution in [0.25, 0.3) is 0 Å². The largest absolute Gasteiger partial charge is 0.356 e. The van der Waals surface area contributed by atoms with Gasteiger partial charge in [-0.2, -0.15) is 0 Å². The van der Waals surface area contributed by atoms with E-state index in [9.17, 15) is 4.79 Å². The molecular weight excluding hydrogens is 370 g/mol. The van der Waals surface area contributed by atoms with Crippen LogP contribution in [0.5, 0.6) is 0 Å². The molecule has 0 spiro atoms. The third-order valence-corrected chi connectivity index (χ3v) is 6.93. The molecule has 6 nitrogen and oxygen atoms in total. The number of thiophene rings is 1. The second kappa shape index (κ2) is 10.8. The fraction of sp³-hybridized carbons (Fsp3) is 0.714. The van der Waals surface area contributed by atoms with Crippen molar-refractivity contribution in [1.82, 2.24) is 20.9 Å². The summed E-state index contributed by atoms with van der Waals surface area (Å²) in [6, 6.07) is 5.18. The van der Waals surface area contributed by atoms with Gasteiger partial charge in [-0.1, -0.05) is 25.3 Å². The van der Waals surface area contributed by atoms with Gasteiger partial charge in [0.25, 0.3) is 0 Å². The predicted octanol–water partition coefficient (Wildman–Crippen LogP) is 2.74. The van der Waals surface area contributed by atoms with Crippen LogP contribution in [0.2, 0.25) is 0 Å². The molecule has 2 fully saturated rings. The lowest BCUT2D eigenvalue weighted by atomic mass is 9.88. The number of carbonyl (C=O) groups is 1. The van der Waals surface area contributed by atoms with Crippen molar-refractivity contribution in [1.29, 1.82) is 0 Å². The van der Waals surface area contributed by atoms with E-state index in [1.807, 2.05) is 11.3 Å². The summed E-state index contributed by atoms with van der Waals surface area (Å²) in [7, 11) is 3.98. The summed E-state index contributed by atoms with van der Waals surface area (Å²) in [6.07, 6.45) is 8.39. The highest BCUT2D eigenvalue weighted by atomic mass is 32.1. The monoisotopic (exact) mass is 405 g/mol. The van der Waals surface area contributed by atoms with Crippen molar-refractivity contribution in [2.24, 2.45) is 10.9 Å². The highest BCUT2D eigenvalue weighted by Gasteiger charge is 2.31. The summed E-state index contributed by atoms with van der Waals surface area (Å²) < 4.78 is 0. The molecule has 1 aromatic rings. The molecule has 0 aromatic carbocycles. The Morgan fingerprint density at radius 1 is 1.21 bits per heavy atom. The molecule has 2 aliphatic rings. The molecule has 28 heavy (non-hydrogen) atoms. The lowest BCUT2D eigenvalue weighted by molar-refractivity contribution is -0.120. The number of piperidine rings is 1. The Morgan fingerprint density at radius 3 is 2.75 bits per heavy atom. The fourth-order valence-corrected chi connectivity index (χ4v) is 5.50. The number of amides is 1. The first-order chi connectivity index (χ1) is 13.7. The van der Waals surface area contributed by atoms with E-state index in [0.717, 1.165) is 25.9 Å². The number of aliphatic imine (C=N–C) groups is 1. The van der Waals surface area contributed by atoms with Crippen molar-refractivity contribution in [3.8, 4) is 0 Å². The first-order valence-electron chi connectivity index (χ1n) is 10.6. The van der Waals surface area contributed by atoms with Crippen LogP contribution in [-0.2, 0) is 4.79 Å². The van der Waals surface area contributed by atoms with Gasteiger partial charge >= 0.3 is 0 Å². The Hall–Kier alpha value is -1.60. The normalized spacial score (nSPS) is 24.7. The molecule has 2 heterocycles. The number of nitrogens with zero attached hydrogens (tertiary/aromatic N) is 2. The molecular formula is C21H35N5OS. The van der Waals surface area contributed by atoms with Crippen molar-refractivity contribution < 1.29 is 4.79 Å². The molecule has 1 aliphatic carbocycles. The van der Waals surface area contributed by atoms with Gasteiger partial charge in [0.15, 0.2) is 5.96 Å². The number of hydrogen-bond acceptors (Lipinski definition) is 4. The zero-order valence-corrected chi connectivity index (χ0v) is 18.1. The van der Waals surface area contributed by atoms with Crippen LogP contribution in [0.3, 0.4) is 0 Å². The average molecular weight is 406 g/mol. The molecule has 1 aliphatic heterocycles. The molecule has 1 amide bonds. The summed E-state index contributed by atoms with van der Waals surface area (Å²) in [6.45, 7) is 2.28. The highest BCUT2D eigenvalue weighted by Crippen LogP contribution is 2.36. The molecule has 1 aromatic heterocycles. The van der Waals surface area contributed by atoms with Crippen LogP contribution in [0, 0.1) is 5.92 Å². The summed E-state index contributed by atoms with van der Waals surface area (Å²) in [5.41, 5.74) is 0. The number of carbonyl (C=O) groups excluding carboxylic acids is 1. The number of rotatable bonds is 6. The number of likely N-dealkylation sites (tertiary alicyclic amines) is 1. The van der Waals surface area contributed by atoms with E-state index in [-0.39, 0.29) is 12.5 Å². The molecule has 0 bridgehead atoms. The van der Waals surface area contributed by atoms with Gasteiger partial charge in [-0.3, -0.25) is 14.7 Å². The van der Waals surface area contributed by atoms with Crippen LogP contribution < -0.4 is 16.0 Å². The number of nitrogens with one attached hydrogen (secondary N) is 3. The Labute approximate surface area is 173 Å². The minimum atomic E-state index is 0.0590. The maximum atomic E-state index is 12.2. The first kappa shape index (κ1) is 21.1. The van der Waals surface area contributed by atoms with Crippen LogP contribution in [0.4, 0.5) is 0 Å². The zero-order chi connectivity index (χ0) is 19.8. The van der Waals surface area contributed by atoms with E-state index in [1.54, 1.807) is 7.05 Å². The summed E-state index contributed by atoms with van der Waals surface area (Å²) in [5.74, 6) is 1.30. The smallest absolute Gasteiger partial charge is 0.239 e. The van der Waals surface area contributed by atoms with Crippen LogP contribution in [-0.4, -0.2) is 56.5 Å². The number of guanidine groups is 1. The Morgan fingerprint density at radius 2 is 2.04 bits per heavy atom. The SMILES string of the molecule is CN=C(NCC(=O)NC1CCCCC1)NCC1CCCN(C)C1c1cccs1. The lowest BCUT2D eigenvalue weighted by Gasteiger charge is -2.39. The van der Waals surface area contributed by atoms with Gasteiger partial charge in [-0.25, -0.2) is 0 Å². The van der Waals surface area contributed by atoms with E-state index >= 15 is 0 Å². The second-order valence-electron chi connectivity index (χ2n) is 8.05. The predicted molar refractivity (Wildman–Crippen MR) is 117 cm³/mol. The van der Waals surface area contributed by atoms with Crippen molar-refractivity contribution >= 4 is 23.2 Å². The molecule has 7 heteroatoms. The van der Waals surface area contributed by atoms with Gasteiger partial charge in [0.05, 0.1) is 6.54 Å². The summed E-state index contributed by atoms with van der Waals surface area (Å²) in [4.78, 5) is 20.4. The molecule has 1 saturated carbocycles. The molecule has 2 atom stereocenters. The van der Waals surface area contributed by atoms with Gasteiger partial charge < -0.3 is 16.0 Å². The molecule has 3 N–H and O–H groups in total. The Balaban J connectivity index is 1.45. The second-order valence-corrected chi connectivity index (χ2v) is 9.03. The van der Waals surface area contributed by atoms with E-state index < -0.39 is 0 Å². The molecule has 2 unspecified atom stereocenters. The van der Waals surface area contributed by atoms with Crippen molar-refractivity contribution in [3.63, 3.8) is 0 Å². The van der Waals surface area contributed by atoms with Gasteiger partial charge in [0.2, 0.25) is 5.91 Å². The minimum absolute atomic E-state index is 0.0590. The van der Waals surface area contributed by atoms with Crippen molar-refractivity contribution in [3.05, 3.63) is 22.4 Å². The third kappa shape index (κ3) is 5.95. The standard InChI is InChI=1S/C21H35N5OS/c1-22-21(24-15-19(27)25-17-9-4-3-5-10-17)23-14-16-8-6-12-26(2)20(16)18-11-7-13-28-18/h7,11,13,16-17,20H,3-6,8-10,12,14-15H2,1-2H3,(H,25,27)(H2,22,23,24). The van der Waals surface area contributed by atoms with Gasteiger partial charge in [0, 0.05) is 30.6 Å². The van der Waals surface area contributed by atoms with Gasteiger partial charge in [-0.15, -0.1) is 11.3 Å². The molecule has 156 valence electrons. The third-order valence-electron chi connectivity index (χ3n) is 5.98. The fourth-order valence-electron chi connectivity index (χ4n) is 4.52. The summed E-state index contributed by atoms with van der Waals surface area (Å²) >= 11 is 1.84. The summed E-state index contributed by atoms with van der Waals surface area (Å²) in [5, 5.41) is 11.9. The maximum absolute atomic E-state index is 12.2. The first-order valence-corrected chi connectivity index (χ1v) is 11.5. The topological polar surface area (TPSA) is 68.8 Å². The van der Waals surface area contributed by atoms with E-state index in [0.29, 0.717) is 24.0 Å². The quantitative estimate of drug-likeness (QED) is 0.503. The van der Waals surface area contributed by atoms with Gasteiger partial charge in [-0.05, 0) is 56.6 Å². The maximum Gasteiger partial charge on any atom is 0.239 e. The van der Waals surface area contributed by atoms with E-state index in [2.05, 4.69) is 50.4 Å². The average Bonchev–Trinajstić information content (AvgIpc) is 3.23. The van der Waals surface area contributed by atoms with Crippen LogP contribution in [0.1, 0.15) is 55.9 Å². The van der Waals surface area contributed by atoms with Crippen molar-refractivity contribution in [2.75, 3.05) is 33.7 Å². The number of hydrogen-bond donors (Lipinski definition) is 3. The molecule has 1 saturated heterocycles. The molecule has 3 rings (SSSR count). The minimum Gasteiger partial charge on any atom is -0.356 e. The highest BCUT2D eigenvalue weighted by molar-refractivity contribution is 7.10. The zero-order valence-electron chi connectivity index (χ0n) is 17.2. The van der Waals surface area contributed by atoms with Crippen molar-refractivity contribution in [2.45, 2.75) is 57.0 Å². The van der Waals surface area contributed by atoms with Crippen LogP contribution in [0.15, 0.2) is 22.5 Å².